The Labute approximate surface area is 203 Å². The number of hydrogen-bond donors (Lipinski definition) is 2. The highest BCUT2D eigenvalue weighted by atomic mass is 16.2. The van der Waals surface area contributed by atoms with Crippen molar-refractivity contribution < 1.29 is 19.2 Å². The van der Waals surface area contributed by atoms with Gasteiger partial charge in [-0.1, -0.05) is 24.2 Å². The highest BCUT2D eigenvalue weighted by Crippen LogP contribution is 2.23. The zero-order valence-electron chi connectivity index (χ0n) is 20.4. The number of nitrogens with two attached hydrogens (primary N) is 2. The number of hydrogen-bond acceptors (Lipinski definition) is 7. The standard InChI is InChI=1S/C12H19N5O2.C9H15N5O2/c1-3-10(12(13)19)16-6-9(4-11(16)18)7-17-8(2)5-14-15-17;1-2-7(9(10)16)14-5-6(3-8(14)15)4-12-13-11/h5,9-10H,3-4,6-7H2,1-2H3,(H2,13,19);6-7H,2-5H2,1H3,(H2,10,16)/t9?,10-;6?,7-/m00/s1. The van der Waals surface area contributed by atoms with E-state index in [-0.39, 0.29) is 30.2 Å². The molecule has 0 saturated carbocycles. The van der Waals surface area contributed by atoms with E-state index in [2.05, 4.69) is 20.3 Å². The van der Waals surface area contributed by atoms with E-state index in [1.807, 2.05) is 20.8 Å². The van der Waals surface area contributed by atoms with Crippen LogP contribution in [0.5, 0.6) is 0 Å². The number of aryl methyl sites for hydroxylation is 1. The largest absolute Gasteiger partial charge is 0.368 e. The van der Waals surface area contributed by atoms with Gasteiger partial charge in [-0.25, -0.2) is 4.68 Å². The lowest BCUT2D eigenvalue weighted by molar-refractivity contribution is -0.136. The average molecular weight is 491 g/mol. The van der Waals surface area contributed by atoms with E-state index < -0.39 is 23.9 Å². The van der Waals surface area contributed by atoms with Crippen LogP contribution in [0, 0.1) is 18.8 Å². The van der Waals surface area contributed by atoms with Gasteiger partial charge < -0.3 is 21.3 Å². The van der Waals surface area contributed by atoms with Gasteiger partial charge in [0, 0.05) is 49.9 Å². The molecular weight excluding hydrogens is 456 g/mol. The van der Waals surface area contributed by atoms with Crippen molar-refractivity contribution in [2.75, 3.05) is 19.6 Å². The molecule has 14 nitrogen and oxygen atoms in total. The molecule has 2 aliphatic heterocycles. The molecule has 0 aliphatic carbocycles. The minimum atomic E-state index is -0.538. The van der Waals surface area contributed by atoms with Crippen LogP contribution < -0.4 is 11.5 Å². The van der Waals surface area contributed by atoms with Gasteiger partial charge in [-0.05, 0) is 31.2 Å². The topological polar surface area (TPSA) is 206 Å². The van der Waals surface area contributed by atoms with E-state index in [0.29, 0.717) is 45.3 Å². The first-order valence-electron chi connectivity index (χ1n) is 11.7. The molecule has 0 radical (unpaired) electrons. The summed E-state index contributed by atoms with van der Waals surface area (Å²) in [5.41, 5.74) is 19.7. The third-order valence-corrected chi connectivity index (χ3v) is 6.31. The summed E-state index contributed by atoms with van der Waals surface area (Å²) >= 11 is 0. The van der Waals surface area contributed by atoms with E-state index in [4.69, 9.17) is 17.0 Å². The molecule has 4 atom stereocenters. The molecule has 3 heterocycles. The number of aromatic nitrogens is 3. The number of likely N-dealkylation sites (tertiary alicyclic amines) is 2. The van der Waals surface area contributed by atoms with Crippen LogP contribution in [0.4, 0.5) is 0 Å². The summed E-state index contributed by atoms with van der Waals surface area (Å²) in [7, 11) is 0. The molecule has 3 rings (SSSR count). The summed E-state index contributed by atoms with van der Waals surface area (Å²) in [5.74, 6) is -0.871. The number of azide groups is 1. The molecular formula is C21H34N10O4. The molecule has 2 unspecified atom stereocenters. The molecule has 4 N–H and O–H groups in total. The Balaban J connectivity index is 0.000000251. The Morgan fingerprint density at radius 2 is 1.60 bits per heavy atom. The van der Waals surface area contributed by atoms with Crippen molar-refractivity contribution in [3.63, 3.8) is 0 Å². The lowest BCUT2D eigenvalue weighted by atomic mass is 10.1. The smallest absolute Gasteiger partial charge is 0.240 e. The SMILES string of the molecule is CC[C@@H](C(N)=O)N1CC(CN=[N+]=[N-])CC1=O.CC[C@@H](C(N)=O)N1CC(Cn2nncc2C)CC1=O. The molecule has 4 amide bonds. The van der Waals surface area contributed by atoms with Crippen molar-refractivity contribution >= 4 is 23.6 Å². The Kier molecular flexibility index (Phi) is 10.0. The second-order valence-corrected chi connectivity index (χ2v) is 8.86. The summed E-state index contributed by atoms with van der Waals surface area (Å²) in [6.45, 7) is 7.52. The van der Waals surface area contributed by atoms with Crippen LogP contribution in [0.25, 0.3) is 10.4 Å². The molecule has 0 spiro atoms. The van der Waals surface area contributed by atoms with E-state index in [1.54, 1.807) is 15.8 Å². The van der Waals surface area contributed by atoms with Crippen molar-refractivity contribution in [2.24, 2.45) is 28.4 Å². The third kappa shape index (κ3) is 7.15. The van der Waals surface area contributed by atoms with Crippen LogP contribution in [0.1, 0.15) is 45.2 Å². The van der Waals surface area contributed by atoms with Gasteiger partial charge in [0.05, 0.1) is 11.9 Å². The van der Waals surface area contributed by atoms with Crippen LogP contribution in [0.3, 0.4) is 0 Å². The summed E-state index contributed by atoms with van der Waals surface area (Å²) in [6, 6.07) is -1.03. The van der Waals surface area contributed by atoms with Gasteiger partial charge in [0.25, 0.3) is 0 Å². The van der Waals surface area contributed by atoms with Crippen molar-refractivity contribution in [1.82, 2.24) is 24.8 Å². The van der Waals surface area contributed by atoms with Gasteiger partial charge in [-0.15, -0.1) is 5.10 Å². The van der Waals surface area contributed by atoms with Gasteiger partial charge in [-0.3, -0.25) is 19.2 Å². The van der Waals surface area contributed by atoms with Crippen LogP contribution in [0.2, 0.25) is 0 Å². The minimum Gasteiger partial charge on any atom is -0.368 e. The van der Waals surface area contributed by atoms with Gasteiger partial charge in [0.15, 0.2) is 0 Å². The van der Waals surface area contributed by atoms with Crippen molar-refractivity contribution in [2.45, 2.75) is 65.1 Å². The van der Waals surface area contributed by atoms with Crippen molar-refractivity contribution in [3.05, 3.63) is 22.3 Å². The predicted octanol–water partition coefficient (Wildman–Crippen LogP) is 0.108. The van der Waals surface area contributed by atoms with Crippen molar-refractivity contribution in [1.29, 1.82) is 0 Å². The maximum Gasteiger partial charge on any atom is 0.240 e. The molecule has 0 aromatic carbocycles. The van der Waals surface area contributed by atoms with Crippen LogP contribution in [-0.4, -0.2) is 80.1 Å². The van der Waals surface area contributed by atoms with E-state index >= 15 is 0 Å². The summed E-state index contributed by atoms with van der Waals surface area (Å²) < 4.78 is 1.78. The molecule has 2 fully saturated rings. The third-order valence-electron chi connectivity index (χ3n) is 6.31. The summed E-state index contributed by atoms with van der Waals surface area (Å²) in [4.78, 5) is 51.8. The molecule has 1 aromatic rings. The Bertz CT molecular complexity index is 973. The quantitative estimate of drug-likeness (QED) is 0.264. The van der Waals surface area contributed by atoms with E-state index in [0.717, 1.165) is 5.69 Å². The fourth-order valence-electron chi connectivity index (χ4n) is 4.50. The van der Waals surface area contributed by atoms with Crippen LogP contribution >= 0.6 is 0 Å². The molecule has 35 heavy (non-hydrogen) atoms. The Hall–Kier alpha value is -3.67. The monoisotopic (exact) mass is 490 g/mol. The molecule has 2 saturated heterocycles. The second kappa shape index (κ2) is 12.7. The first-order chi connectivity index (χ1) is 16.6. The number of primary amides is 2. The predicted molar refractivity (Wildman–Crippen MR) is 125 cm³/mol. The van der Waals surface area contributed by atoms with Crippen LogP contribution in [-0.2, 0) is 25.7 Å². The Morgan fingerprint density at radius 3 is 2.03 bits per heavy atom. The number of nitrogens with zero attached hydrogens (tertiary/aromatic N) is 8. The molecule has 1 aromatic heterocycles. The first-order valence-corrected chi connectivity index (χ1v) is 11.7. The lowest BCUT2D eigenvalue weighted by Crippen LogP contribution is -2.45. The van der Waals surface area contributed by atoms with Gasteiger partial charge in [-0.2, -0.15) is 0 Å². The van der Waals surface area contributed by atoms with Crippen LogP contribution in [0.15, 0.2) is 11.3 Å². The number of amides is 4. The summed E-state index contributed by atoms with van der Waals surface area (Å²) in [5, 5.41) is 11.2. The molecule has 192 valence electrons. The van der Waals surface area contributed by atoms with E-state index in [1.165, 1.54) is 4.90 Å². The number of carbonyl (C=O) groups excluding carboxylic acids is 4. The van der Waals surface area contributed by atoms with Gasteiger partial charge in [0.1, 0.15) is 12.1 Å². The van der Waals surface area contributed by atoms with E-state index in [9.17, 15) is 19.2 Å². The van der Waals surface area contributed by atoms with Crippen molar-refractivity contribution in [3.8, 4) is 0 Å². The average Bonchev–Trinajstić information content (AvgIpc) is 3.47. The maximum atomic E-state index is 12.0. The zero-order valence-corrected chi connectivity index (χ0v) is 20.4. The first kappa shape index (κ1) is 27.6. The zero-order chi connectivity index (χ0) is 26.1. The molecule has 0 bridgehead atoms. The second-order valence-electron chi connectivity index (χ2n) is 8.86. The summed E-state index contributed by atoms with van der Waals surface area (Å²) in [6.07, 6.45) is 3.50. The molecule has 2 aliphatic rings. The fraction of sp³-hybridized carbons (Fsp3) is 0.714. The Morgan fingerprint density at radius 1 is 1.09 bits per heavy atom. The normalized spacial score (nSPS) is 21.2. The highest BCUT2D eigenvalue weighted by molar-refractivity contribution is 5.88. The lowest BCUT2D eigenvalue weighted by Gasteiger charge is -2.24. The number of carbonyl (C=O) groups is 4. The fourth-order valence-corrected chi connectivity index (χ4v) is 4.50. The minimum absolute atomic E-state index is 0.00296. The molecule has 14 heteroatoms. The van der Waals surface area contributed by atoms with Gasteiger partial charge in [0.2, 0.25) is 23.6 Å². The highest BCUT2D eigenvalue weighted by Gasteiger charge is 2.37. The maximum absolute atomic E-state index is 12.0. The number of rotatable bonds is 10. The van der Waals surface area contributed by atoms with Gasteiger partial charge >= 0.3 is 0 Å².